The van der Waals surface area contributed by atoms with Crippen LogP contribution in [0.4, 0.5) is 5.82 Å². The number of fused-ring (bicyclic) bond motifs is 1. The maximum atomic E-state index is 11.5. The maximum Gasteiger partial charge on any atom is 0.349 e. The van der Waals surface area contributed by atoms with E-state index in [-0.39, 0.29) is 11.7 Å². The lowest BCUT2D eigenvalue weighted by Crippen LogP contribution is -2.30. The molecule has 0 aliphatic rings. The number of nitrogens with zero attached hydrogens (tertiary/aromatic N) is 3. The van der Waals surface area contributed by atoms with E-state index >= 15 is 0 Å². The standard InChI is InChI=1S/C12H20N6O/c1-7(2)4-9(13)6-14-10-5-11-16-17-12(19)18(11)8(3)15-10/h5,7,9,14H,4,6,13H2,1-3H3,(H,17,19). The van der Waals surface area contributed by atoms with Gasteiger partial charge in [0.1, 0.15) is 11.6 Å². The first-order valence-corrected chi connectivity index (χ1v) is 6.41. The zero-order chi connectivity index (χ0) is 14.0. The average molecular weight is 264 g/mol. The SMILES string of the molecule is Cc1nc(NCC(N)CC(C)C)cc2n[nH]c(=O)n12. The van der Waals surface area contributed by atoms with Gasteiger partial charge in [-0.2, -0.15) is 5.10 Å². The topological polar surface area (TPSA) is 101 Å². The number of hydrogen-bond acceptors (Lipinski definition) is 5. The summed E-state index contributed by atoms with van der Waals surface area (Å²) in [6, 6.07) is 1.81. The van der Waals surface area contributed by atoms with Gasteiger partial charge in [0.15, 0.2) is 5.65 Å². The predicted molar refractivity (Wildman–Crippen MR) is 74.3 cm³/mol. The molecule has 2 heterocycles. The summed E-state index contributed by atoms with van der Waals surface area (Å²) in [5.41, 5.74) is 6.29. The summed E-state index contributed by atoms with van der Waals surface area (Å²) in [7, 11) is 0. The van der Waals surface area contributed by atoms with Crippen molar-refractivity contribution in [3.8, 4) is 0 Å². The van der Waals surface area contributed by atoms with E-state index in [1.165, 1.54) is 4.40 Å². The number of anilines is 1. The fourth-order valence-corrected chi connectivity index (χ4v) is 2.11. The van der Waals surface area contributed by atoms with Crippen LogP contribution in [-0.4, -0.2) is 32.2 Å². The quantitative estimate of drug-likeness (QED) is 0.730. The average Bonchev–Trinajstić information content (AvgIpc) is 2.68. The molecule has 1 atom stereocenters. The first kappa shape index (κ1) is 13.5. The van der Waals surface area contributed by atoms with Crippen LogP contribution in [0.25, 0.3) is 5.65 Å². The van der Waals surface area contributed by atoms with E-state index in [2.05, 4.69) is 34.3 Å². The van der Waals surface area contributed by atoms with Gasteiger partial charge in [0.25, 0.3) is 0 Å². The molecule has 0 bridgehead atoms. The van der Waals surface area contributed by atoms with Crippen LogP contribution in [0.15, 0.2) is 10.9 Å². The van der Waals surface area contributed by atoms with Crippen molar-refractivity contribution in [3.05, 3.63) is 22.4 Å². The van der Waals surface area contributed by atoms with Gasteiger partial charge in [0, 0.05) is 18.7 Å². The minimum absolute atomic E-state index is 0.0831. The third-order valence-electron chi connectivity index (χ3n) is 2.89. The summed E-state index contributed by atoms with van der Waals surface area (Å²) in [5, 5.41) is 9.52. The fraction of sp³-hybridized carbons (Fsp3) is 0.583. The van der Waals surface area contributed by atoms with Gasteiger partial charge in [0.05, 0.1) is 0 Å². The summed E-state index contributed by atoms with van der Waals surface area (Å²) < 4.78 is 1.43. The second-order valence-electron chi connectivity index (χ2n) is 5.18. The number of H-pyrrole nitrogens is 1. The van der Waals surface area contributed by atoms with E-state index in [0.29, 0.717) is 29.8 Å². The molecule has 0 aliphatic heterocycles. The van der Waals surface area contributed by atoms with E-state index in [9.17, 15) is 4.79 Å². The molecule has 0 aromatic carbocycles. The smallest absolute Gasteiger partial charge is 0.349 e. The number of rotatable bonds is 5. The molecule has 104 valence electrons. The minimum Gasteiger partial charge on any atom is -0.368 e. The lowest BCUT2D eigenvalue weighted by atomic mass is 10.0. The molecule has 4 N–H and O–H groups in total. The van der Waals surface area contributed by atoms with Crippen LogP contribution in [0.1, 0.15) is 26.1 Å². The molecule has 0 saturated carbocycles. The molecule has 2 rings (SSSR count). The molecule has 0 radical (unpaired) electrons. The van der Waals surface area contributed by atoms with Crippen molar-refractivity contribution in [1.82, 2.24) is 19.6 Å². The van der Waals surface area contributed by atoms with Gasteiger partial charge in [-0.1, -0.05) is 13.8 Å². The normalized spacial score (nSPS) is 13.1. The van der Waals surface area contributed by atoms with E-state index in [0.717, 1.165) is 6.42 Å². The first-order valence-electron chi connectivity index (χ1n) is 6.41. The molecule has 0 spiro atoms. The van der Waals surface area contributed by atoms with Gasteiger partial charge in [0.2, 0.25) is 0 Å². The van der Waals surface area contributed by atoms with E-state index in [4.69, 9.17) is 5.73 Å². The molecular weight excluding hydrogens is 244 g/mol. The maximum absolute atomic E-state index is 11.5. The highest BCUT2D eigenvalue weighted by atomic mass is 16.1. The molecule has 0 fully saturated rings. The molecule has 0 aliphatic carbocycles. The van der Waals surface area contributed by atoms with Crippen molar-refractivity contribution in [2.75, 3.05) is 11.9 Å². The Balaban J connectivity index is 2.11. The lowest BCUT2D eigenvalue weighted by Gasteiger charge is -2.15. The highest BCUT2D eigenvalue weighted by Crippen LogP contribution is 2.09. The fourth-order valence-electron chi connectivity index (χ4n) is 2.11. The highest BCUT2D eigenvalue weighted by molar-refractivity contribution is 5.49. The van der Waals surface area contributed by atoms with Gasteiger partial charge in [-0.3, -0.25) is 0 Å². The summed E-state index contributed by atoms with van der Waals surface area (Å²) >= 11 is 0. The van der Waals surface area contributed by atoms with Gasteiger partial charge >= 0.3 is 5.69 Å². The number of aromatic nitrogens is 4. The molecule has 0 saturated heterocycles. The molecule has 0 amide bonds. The molecule has 19 heavy (non-hydrogen) atoms. The molecule has 7 nitrogen and oxygen atoms in total. The number of aryl methyl sites for hydroxylation is 1. The monoisotopic (exact) mass is 264 g/mol. The van der Waals surface area contributed by atoms with Crippen LogP contribution in [-0.2, 0) is 0 Å². The third-order valence-corrected chi connectivity index (χ3v) is 2.89. The van der Waals surface area contributed by atoms with Crippen LogP contribution < -0.4 is 16.7 Å². The number of nitrogens with two attached hydrogens (primary N) is 1. The number of aromatic amines is 1. The van der Waals surface area contributed by atoms with Crippen molar-refractivity contribution in [1.29, 1.82) is 0 Å². The summed E-state index contributed by atoms with van der Waals surface area (Å²) in [6.07, 6.45) is 0.954. The van der Waals surface area contributed by atoms with Crippen molar-refractivity contribution >= 4 is 11.5 Å². The number of hydrogen-bond donors (Lipinski definition) is 3. The van der Waals surface area contributed by atoms with E-state index < -0.39 is 0 Å². The summed E-state index contributed by atoms with van der Waals surface area (Å²) in [4.78, 5) is 15.8. The van der Waals surface area contributed by atoms with Crippen molar-refractivity contribution in [2.45, 2.75) is 33.2 Å². The van der Waals surface area contributed by atoms with Gasteiger partial charge in [-0.15, -0.1) is 0 Å². The lowest BCUT2D eigenvalue weighted by molar-refractivity contribution is 0.508. The third kappa shape index (κ3) is 3.11. The highest BCUT2D eigenvalue weighted by Gasteiger charge is 2.09. The summed E-state index contributed by atoms with van der Waals surface area (Å²) in [5.74, 6) is 1.85. The summed E-state index contributed by atoms with van der Waals surface area (Å²) in [6.45, 7) is 6.70. The predicted octanol–water partition coefficient (Wildman–Crippen LogP) is 0.511. The molecule has 2 aromatic rings. The van der Waals surface area contributed by atoms with Crippen LogP contribution in [0.2, 0.25) is 0 Å². The zero-order valence-corrected chi connectivity index (χ0v) is 11.5. The Labute approximate surface area is 111 Å². The van der Waals surface area contributed by atoms with Crippen molar-refractivity contribution < 1.29 is 0 Å². The Bertz CT molecular complexity index is 614. The van der Waals surface area contributed by atoms with Crippen LogP contribution in [0.3, 0.4) is 0 Å². The second-order valence-corrected chi connectivity index (χ2v) is 5.18. The van der Waals surface area contributed by atoms with Crippen LogP contribution in [0.5, 0.6) is 0 Å². The van der Waals surface area contributed by atoms with Gasteiger partial charge < -0.3 is 11.1 Å². The zero-order valence-electron chi connectivity index (χ0n) is 11.5. The van der Waals surface area contributed by atoms with Crippen molar-refractivity contribution in [3.63, 3.8) is 0 Å². The Morgan fingerprint density at radius 1 is 1.53 bits per heavy atom. The minimum atomic E-state index is -0.275. The molecule has 7 heteroatoms. The second kappa shape index (κ2) is 5.40. The van der Waals surface area contributed by atoms with Crippen LogP contribution >= 0.6 is 0 Å². The first-order chi connectivity index (χ1) is 8.97. The number of nitrogens with one attached hydrogen (secondary N) is 2. The van der Waals surface area contributed by atoms with E-state index in [1.54, 1.807) is 13.0 Å². The van der Waals surface area contributed by atoms with Crippen molar-refractivity contribution in [2.24, 2.45) is 11.7 Å². The molecule has 2 aromatic heterocycles. The Morgan fingerprint density at radius 3 is 2.95 bits per heavy atom. The molecular formula is C12H20N6O. The Hall–Kier alpha value is -1.89. The van der Waals surface area contributed by atoms with Gasteiger partial charge in [-0.25, -0.2) is 19.3 Å². The Morgan fingerprint density at radius 2 is 2.26 bits per heavy atom. The van der Waals surface area contributed by atoms with Gasteiger partial charge in [-0.05, 0) is 19.3 Å². The Kier molecular flexibility index (Phi) is 3.84. The molecule has 1 unspecified atom stereocenters. The van der Waals surface area contributed by atoms with Crippen LogP contribution in [0, 0.1) is 12.8 Å². The largest absolute Gasteiger partial charge is 0.368 e. The van der Waals surface area contributed by atoms with E-state index in [1.807, 2.05) is 0 Å².